The molecule has 1 aliphatic heterocycles. The first-order chi connectivity index (χ1) is 15.4. The molecule has 0 saturated carbocycles. The molecule has 1 unspecified atom stereocenters. The van der Waals surface area contributed by atoms with Crippen molar-refractivity contribution in [3.05, 3.63) is 62.6 Å². The minimum atomic E-state index is -3.45. The summed E-state index contributed by atoms with van der Waals surface area (Å²) < 4.78 is 23.6. The number of aliphatic carboxylic acids is 1. The highest BCUT2D eigenvalue weighted by Crippen LogP contribution is 2.37. The van der Waals surface area contributed by atoms with Crippen LogP contribution in [0.2, 0.25) is 10.0 Å². The summed E-state index contributed by atoms with van der Waals surface area (Å²) in [5.74, 6) is -1.30. The van der Waals surface area contributed by atoms with E-state index in [4.69, 9.17) is 23.2 Å². The smallest absolute Gasteiger partial charge is 0.321 e. The molecule has 3 N–H and O–H groups in total. The third-order valence-electron chi connectivity index (χ3n) is 5.58. The van der Waals surface area contributed by atoms with Crippen molar-refractivity contribution in [3.63, 3.8) is 0 Å². The van der Waals surface area contributed by atoms with E-state index in [1.54, 1.807) is 17.0 Å². The molecular formula is C22H24Cl2N2O6S. The number of hydrogen-bond donors (Lipinski definition) is 3. The van der Waals surface area contributed by atoms with Gasteiger partial charge in [-0.05, 0) is 47.7 Å². The largest absolute Gasteiger partial charge is 0.480 e. The van der Waals surface area contributed by atoms with Crippen LogP contribution in [0.4, 0.5) is 0 Å². The van der Waals surface area contributed by atoms with Crippen molar-refractivity contribution in [2.75, 3.05) is 12.8 Å². The predicted molar refractivity (Wildman–Crippen MR) is 124 cm³/mol. The fraction of sp³-hybridized carbons (Fsp3) is 0.364. The van der Waals surface area contributed by atoms with E-state index < -0.39 is 28.1 Å². The van der Waals surface area contributed by atoms with E-state index in [1.165, 1.54) is 25.1 Å². The molecule has 0 saturated heterocycles. The van der Waals surface area contributed by atoms with Crippen LogP contribution in [-0.2, 0) is 38.8 Å². The van der Waals surface area contributed by atoms with Gasteiger partial charge < -0.3 is 15.1 Å². The molecule has 8 nitrogen and oxygen atoms in total. The van der Waals surface area contributed by atoms with Gasteiger partial charge in [-0.2, -0.15) is 0 Å². The molecule has 2 atom stereocenters. The topological polar surface area (TPSA) is 124 Å². The van der Waals surface area contributed by atoms with Gasteiger partial charge in [-0.3, -0.25) is 14.9 Å². The number of carbonyl (C=O) groups excluding carboxylic acids is 1. The maximum Gasteiger partial charge on any atom is 0.321 e. The number of rotatable bonds is 7. The van der Waals surface area contributed by atoms with Crippen LogP contribution in [0.1, 0.15) is 35.4 Å². The molecule has 0 fully saturated rings. The molecule has 2 aromatic rings. The van der Waals surface area contributed by atoms with Gasteiger partial charge in [-0.15, -0.1) is 0 Å². The Morgan fingerprint density at radius 3 is 2.55 bits per heavy atom. The van der Waals surface area contributed by atoms with Gasteiger partial charge in [0.25, 0.3) is 0 Å². The van der Waals surface area contributed by atoms with Crippen LogP contribution < -0.4 is 5.32 Å². The zero-order chi connectivity index (χ0) is 24.5. The van der Waals surface area contributed by atoms with E-state index in [0.29, 0.717) is 25.1 Å². The van der Waals surface area contributed by atoms with Gasteiger partial charge >= 0.3 is 5.97 Å². The van der Waals surface area contributed by atoms with Crippen LogP contribution in [0, 0.1) is 0 Å². The minimum absolute atomic E-state index is 0.0667. The third kappa shape index (κ3) is 5.85. The van der Waals surface area contributed by atoms with Gasteiger partial charge in [-0.25, -0.2) is 8.42 Å². The second kappa shape index (κ2) is 9.99. The summed E-state index contributed by atoms with van der Waals surface area (Å²) in [5, 5.41) is 23.5. The Morgan fingerprint density at radius 2 is 1.94 bits per heavy atom. The third-order valence-corrected chi connectivity index (χ3v) is 7.44. The average Bonchev–Trinajstić information content (AvgIpc) is 2.72. The van der Waals surface area contributed by atoms with E-state index in [2.05, 4.69) is 5.32 Å². The standard InChI is InChI=1S/C22H24Cl2N2O6S/c1-12(27)26-7-6-16-14(11-26)10-17(23)19(20(16)24)21(28)25-18(22(29)30)9-13-4-3-5-15(8-13)33(2,31)32/h3-5,8,10,18,21,25,28H,6-7,9,11H2,1-2H3,(H,29,30)/t18-,21?/m0/s1. The number of benzene rings is 2. The first-order valence-electron chi connectivity index (χ1n) is 10.1. The van der Waals surface area contributed by atoms with Crippen molar-refractivity contribution in [1.82, 2.24) is 10.2 Å². The molecule has 178 valence electrons. The van der Waals surface area contributed by atoms with Gasteiger partial charge in [0.1, 0.15) is 12.3 Å². The molecule has 0 spiro atoms. The number of halogens is 2. The quantitative estimate of drug-likeness (QED) is 0.485. The summed E-state index contributed by atoms with van der Waals surface area (Å²) in [7, 11) is -3.45. The van der Waals surface area contributed by atoms with Crippen LogP contribution in [0.3, 0.4) is 0 Å². The van der Waals surface area contributed by atoms with Gasteiger partial charge in [-0.1, -0.05) is 35.3 Å². The lowest BCUT2D eigenvalue weighted by Crippen LogP contribution is -2.41. The van der Waals surface area contributed by atoms with Crippen LogP contribution in [0.25, 0.3) is 0 Å². The zero-order valence-corrected chi connectivity index (χ0v) is 20.3. The number of carbonyl (C=O) groups is 2. The van der Waals surface area contributed by atoms with Gasteiger partial charge in [0.2, 0.25) is 5.91 Å². The Morgan fingerprint density at radius 1 is 1.24 bits per heavy atom. The number of hydrogen-bond acceptors (Lipinski definition) is 6. The lowest BCUT2D eigenvalue weighted by molar-refractivity contribution is -0.140. The molecule has 1 heterocycles. The number of aliphatic hydroxyl groups excluding tert-OH is 1. The van der Waals surface area contributed by atoms with Crippen molar-refractivity contribution < 1.29 is 28.2 Å². The molecule has 3 rings (SSSR count). The number of carboxylic acids is 1. The van der Waals surface area contributed by atoms with Crippen molar-refractivity contribution in [2.45, 2.75) is 43.5 Å². The summed E-state index contributed by atoms with van der Waals surface area (Å²) >= 11 is 12.9. The maximum absolute atomic E-state index is 11.9. The Kier molecular flexibility index (Phi) is 7.70. The predicted octanol–water partition coefficient (Wildman–Crippen LogP) is 2.58. The Hall–Kier alpha value is -2.17. The van der Waals surface area contributed by atoms with Crippen LogP contribution in [-0.4, -0.2) is 54.2 Å². The van der Waals surface area contributed by atoms with Gasteiger partial charge in [0.05, 0.1) is 9.92 Å². The van der Waals surface area contributed by atoms with Gasteiger partial charge in [0.15, 0.2) is 9.84 Å². The first kappa shape index (κ1) is 25.5. The fourth-order valence-corrected chi connectivity index (χ4v) is 5.31. The monoisotopic (exact) mass is 514 g/mol. The van der Waals surface area contributed by atoms with Crippen molar-refractivity contribution in [2.24, 2.45) is 0 Å². The SMILES string of the molecule is CC(=O)N1CCc2c(cc(Cl)c(C(O)N[C@@H](Cc3cccc(S(C)(=O)=O)c3)C(=O)O)c2Cl)C1. The highest BCUT2D eigenvalue weighted by atomic mass is 35.5. The summed E-state index contributed by atoms with van der Waals surface area (Å²) in [6, 6.07) is 6.35. The van der Waals surface area contributed by atoms with Crippen molar-refractivity contribution >= 4 is 44.9 Å². The van der Waals surface area contributed by atoms with E-state index >= 15 is 0 Å². The van der Waals surface area contributed by atoms with E-state index in [-0.39, 0.29) is 32.8 Å². The fourth-order valence-electron chi connectivity index (χ4n) is 3.82. The van der Waals surface area contributed by atoms with E-state index in [1.807, 2.05) is 0 Å². The summed E-state index contributed by atoms with van der Waals surface area (Å²) in [4.78, 5) is 25.3. The number of nitrogens with zero attached hydrogens (tertiary/aromatic N) is 1. The highest BCUT2D eigenvalue weighted by Gasteiger charge is 2.29. The second-order valence-corrected chi connectivity index (χ2v) is 10.8. The molecule has 0 radical (unpaired) electrons. The molecule has 11 heteroatoms. The molecule has 33 heavy (non-hydrogen) atoms. The number of amides is 1. The molecular weight excluding hydrogens is 491 g/mol. The van der Waals surface area contributed by atoms with E-state index in [0.717, 1.165) is 17.4 Å². The van der Waals surface area contributed by atoms with Crippen molar-refractivity contribution in [1.29, 1.82) is 0 Å². The molecule has 1 amide bonds. The summed E-state index contributed by atoms with van der Waals surface area (Å²) in [5.41, 5.74) is 2.15. The van der Waals surface area contributed by atoms with Crippen LogP contribution >= 0.6 is 23.2 Å². The molecule has 0 aromatic heterocycles. The zero-order valence-electron chi connectivity index (χ0n) is 18.0. The Balaban J connectivity index is 1.85. The Bertz CT molecular complexity index is 1200. The second-order valence-electron chi connectivity index (χ2n) is 8.00. The number of sulfone groups is 1. The van der Waals surface area contributed by atoms with Crippen LogP contribution in [0.15, 0.2) is 35.2 Å². The molecule has 2 aromatic carbocycles. The summed E-state index contributed by atoms with van der Waals surface area (Å²) in [6.07, 6.45) is -0.0202. The van der Waals surface area contributed by atoms with Crippen molar-refractivity contribution in [3.8, 4) is 0 Å². The van der Waals surface area contributed by atoms with Crippen LogP contribution in [0.5, 0.6) is 0 Å². The maximum atomic E-state index is 11.9. The summed E-state index contributed by atoms with van der Waals surface area (Å²) in [6.45, 7) is 2.30. The Labute approximate surface area is 202 Å². The minimum Gasteiger partial charge on any atom is -0.480 e. The van der Waals surface area contributed by atoms with E-state index in [9.17, 15) is 28.2 Å². The normalized spacial score (nSPS) is 15.6. The number of aliphatic hydroxyl groups is 1. The number of carboxylic acid groups (broad SMARTS) is 1. The highest BCUT2D eigenvalue weighted by molar-refractivity contribution is 7.90. The molecule has 0 bridgehead atoms. The molecule has 1 aliphatic rings. The number of nitrogens with one attached hydrogen (secondary N) is 1. The first-order valence-corrected chi connectivity index (χ1v) is 12.7. The van der Waals surface area contributed by atoms with Gasteiger partial charge in [0, 0.05) is 36.9 Å². The molecule has 0 aliphatic carbocycles. The number of fused-ring (bicyclic) bond motifs is 1. The lowest BCUT2D eigenvalue weighted by atomic mass is 9.96. The average molecular weight is 515 g/mol. The lowest BCUT2D eigenvalue weighted by Gasteiger charge is -2.30.